The maximum atomic E-state index is 12.4. The van der Waals surface area contributed by atoms with Crippen LogP contribution in [0.2, 0.25) is 0 Å². The van der Waals surface area contributed by atoms with E-state index in [0.29, 0.717) is 13.2 Å². The normalized spacial score (nSPS) is 13.7. The predicted octanol–water partition coefficient (Wildman–Crippen LogP) is 3.76. The number of hydrogen-bond acceptors (Lipinski definition) is 4. The molecule has 0 fully saturated rings. The summed E-state index contributed by atoms with van der Waals surface area (Å²) in [5, 5.41) is 9.22. The molecule has 1 heterocycles. The van der Waals surface area contributed by atoms with E-state index in [1.54, 1.807) is 5.48 Å². The largest absolute Gasteiger partial charge is 0.486 e. The van der Waals surface area contributed by atoms with Gasteiger partial charge in [-0.1, -0.05) is 60.7 Å². The molecule has 5 nitrogen and oxygen atoms in total. The van der Waals surface area contributed by atoms with Crippen LogP contribution in [-0.4, -0.2) is 24.3 Å². The summed E-state index contributed by atoms with van der Waals surface area (Å²) in [6.45, 7) is 1.08. The van der Waals surface area contributed by atoms with E-state index in [9.17, 15) is 10.0 Å². The maximum absolute atomic E-state index is 12.4. The molecule has 1 atom stereocenters. The summed E-state index contributed by atoms with van der Waals surface area (Å²) in [7, 11) is 0. The van der Waals surface area contributed by atoms with E-state index in [1.807, 2.05) is 72.8 Å². The zero-order valence-electron chi connectivity index (χ0n) is 14.6. The quantitative estimate of drug-likeness (QED) is 0.548. The van der Waals surface area contributed by atoms with Gasteiger partial charge in [0.25, 0.3) is 5.91 Å². The molecule has 136 valence electrons. The lowest BCUT2D eigenvalue weighted by Crippen LogP contribution is -2.27. The number of fused-ring (bicyclic) bond motifs is 1. The number of carbonyl (C=O) groups excluding carboxylic acids is 1. The van der Waals surface area contributed by atoms with Gasteiger partial charge in [0, 0.05) is 0 Å². The third kappa shape index (κ3) is 3.50. The molecule has 1 aliphatic rings. The maximum Gasteiger partial charge on any atom is 0.255 e. The van der Waals surface area contributed by atoms with Crippen molar-refractivity contribution in [3.63, 3.8) is 0 Å². The highest BCUT2D eigenvalue weighted by Crippen LogP contribution is 2.35. The molecular formula is C22H19NO4. The summed E-state index contributed by atoms with van der Waals surface area (Å²) >= 11 is 0. The van der Waals surface area contributed by atoms with Gasteiger partial charge >= 0.3 is 0 Å². The van der Waals surface area contributed by atoms with Crippen molar-refractivity contribution in [2.45, 2.75) is 5.92 Å². The van der Waals surface area contributed by atoms with Gasteiger partial charge in [0.15, 0.2) is 11.5 Å². The third-order valence-corrected chi connectivity index (χ3v) is 4.60. The van der Waals surface area contributed by atoms with Crippen LogP contribution < -0.4 is 15.0 Å². The second-order valence-electron chi connectivity index (χ2n) is 6.30. The van der Waals surface area contributed by atoms with Gasteiger partial charge in [0.2, 0.25) is 0 Å². The first kappa shape index (κ1) is 17.1. The molecule has 5 heteroatoms. The number of rotatable bonds is 4. The zero-order chi connectivity index (χ0) is 18.6. The lowest BCUT2D eigenvalue weighted by molar-refractivity contribution is -0.129. The Morgan fingerprint density at radius 3 is 2.30 bits per heavy atom. The van der Waals surface area contributed by atoms with E-state index in [1.165, 1.54) is 0 Å². The molecule has 1 aliphatic heterocycles. The number of hydrogen-bond donors (Lipinski definition) is 2. The predicted molar refractivity (Wildman–Crippen MR) is 101 cm³/mol. The van der Waals surface area contributed by atoms with Crippen LogP contribution in [0.5, 0.6) is 11.5 Å². The molecule has 3 aromatic carbocycles. The van der Waals surface area contributed by atoms with Crippen LogP contribution in [0.4, 0.5) is 0 Å². The van der Waals surface area contributed by atoms with E-state index >= 15 is 0 Å². The van der Waals surface area contributed by atoms with Crippen LogP contribution >= 0.6 is 0 Å². The molecular weight excluding hydrogens is 342 g/mol. The minimum Gasteiger partial charge on any atom is -0.486 e. The number of nitrogens with one attached hydrogen (secondary N) is 1. The van der Waals surface area contributed by atoms with Crippen LogP contribution in [0.3, 0.4) is 0 Å². The topological polar surface area (TPSA) is 67.8 Å². The Labute approximate surface area is 157 Å². The molecule has 4 rings (SSSR count). The van der Waals surface area contributed by atoms with E-state index < -0.39 is 11.8 Å². The molecule has 0 aliphatic carbocycles. The van der Waals surface area contributed by atoms with Crippen LogP contribution in [0, 0.1) is 0 Å². The summed E-state index contributed by atoms with van der Waals surface area (Å²) in [4.78, 5) is 12.4. The van der Waals surface area contributed by atoms with E-state index in [-0.39, 0.29) is 0 Å². The molecule has 2 N–H and O–H groups in total. The molecule has 0 radical (unpaired) electrons. The zero-order valence-corrected chi connectivity index (χ0v) is 14.6. The smallest absolute Gasteiger partial charge is 0.255 e. The molecule has 0 saturated carbocycles. The Balaban J connectivity index is 1.74. The van der Waals surface area contributed by atoms with Crippen LogP contribution in [0.25, 0.3) is 11.1 Å². The lowest BCUT2D eigenvalue weighted by atomic mass is 9.89. The second-order valence-corrected chi connectivity index (χ2v) is 6.30. The second kappa shape index (κ2) is 7.51. The van der Waals surface area contributed by atoms with Gasteiger partial charge in [0.05, 0.1) is 5.92 Å². The van der Waals surface area contributed by atoms with E-state index in [4.69, 9.17) is 9.47 Å². The van der Waals surface area contributed by atoms with Gasteiger partial charge in [0.1, 0.15) is 13.2 Å². The number of ether oxygens (including phenoxy) is 2. The minimum absolute atomic E-state index is 0.472. The monoisotopic (exact) mass is 361 g/mol. The van der Waals surface area contributed by atoms with Gasteiger partial charge in [-0.15, -0.1) is 0 Å². The molecule has 0 saturated heterocycles. The van der Waals surface area contributed by atoms with Gasteiger partial charge in [-0.25, -0.2) is 5.48 Å². The fourth-order valence-electron chi connectivity index (χ4n) is 3.33. The third-order valence-electron chi connectivity index (χ3n) is 4.60. The molecule has 27 heavy (non-hydrogen) atoms. The first-order valence-corrected chi connectivity index (χ1v) is 8.75. The number of benzene rings is 3. The van der Waals surface area contributed by atoms with Crippen molar-refractivity contribution in [1.82, 2.24) is 5.48 Å². The SMILES string of the molecule is O=C(NO)C(c1ccccc1)c1cccc(-c2ccc3c(c2)OCCO3)c1. The van der Waals surface area contributed by atoms with Gasteiger partial charge in [-0.2, -0.15) is 0 Å². The van der Waals surface area contributed by atoms with Crippen molar-refractivity contribution < 1.29 is 19.5 Å². The van der Waals surface area contributed by atoms with Crippen LogP contribution in [0.1, 0.15) is 17.0 Å². The van der Waals surface area contributed by atoms with Crippen molar-refractivity contribution in [2.24, 2.45) is 0 Å². The van der Waals surface area contributed by atoms with E-state index in [0.717, 1.165) is 33.8 Å². The first-order chi connectivity index (χ1) is 13.3. The molecule has 0 aromatic heterocycles. The van der Waals surface area contributed by atoms with Gasteiger partial charge < -0.3 is 9.47 Å². The summed E-state index contributed by atoms with van der Waals surface area (Å²) in [6, 6.07) is 22.9. The average molecular weight is 361 g/mol. The Kier molecular flexibility index (Phi) is 4.77. The highest BCUT2D eigenvalue weighted by molar-refractivity contribution is 5.86. The Morgan fingerprint density at radius 2 is 1.52 bits per heavy atom. The van der Waals surface area contributed by atoms with Gasteiger partial charge in [-0.05, 0) is 34.4 Å². The Hall–Kier alpha value is -3.31. The van der Waals surface area contributed by atoms with Crippen molar-refractivity contribution in [3.05, 3.63) is 83.9 Å². The fourth-order valence-corrected chi connectivity index (χ4v) is 3.33. The summed E-state index contributed by atoms with van der Waals surface area (Å²) in [5.41, 5.74) is 5.31. The highest BCUT2D eigenvalue weighted by atomic mass is 16.6. The summed E-state index contributed by atoms with van der Waals surface area (Å²) in [5.74, 6) is 0.383. The Bertz CT molecular complexity index is 956. The summed E-state index contributed by atoms with van der Waals surface area (Å²) < 4.78 is 11.2. The van der Waals surface area contributed by atoms with E-state index in [2.05, 4.69) is 0 Å². The highest BCUT2D eigenvalue weighted by Gasteiger charge is 2.23. The van der Waals surface area contributed by atoms with Gasteiger partial charge in [-0.3, -0.25) is 10.0 Å². The Morgan fingerprint density at radius 1 is 0.815 bits per heavy atom. The minimum atomic E-state index is -0.603. The lowest BCUT2D eigenvalue weighted by Gasteiger charge is -2.20. The number of amides is 1. The summed E-state index contributed by atoms with van der Waals surface area (Å²) in [6.07, 6.45) is 0. The van der Waals surface area contributed by atoms with Crippen molar-refractivity contribution >= 4 is 5.91 Å². The molecule has 1 unspecified atom stereocenters. The first-order valence-electron chi connectivity index (χ1n) is 8.75. The van der Waals surface area contributed by atoms with Crippen molar-refractivity contribution in [3.8, 4) is 22.6 Å². The fraction of sp³-hybridized carbons (Fsp3) is 0.136. The molecule has 3 aromatic rings. The molecule has 1 amide bonds. The van der Waals surface area contributed by atoms with Crippen molar-refractivity contribution in [2.75, 3.05) is 13.2 Å². The number of hydroxylamine groups is 1. The van der Waals surface area contributed by atoms with Crippen molar-refractivity contribution in [1.29, 1.82) is 0 Å². The standard InChI is InChI=1S/C22H19NO4/c24-22(23-25)21(15-5-2-1-3-6-15)18-8-4-7-16(13-18)17-9-10-19-20(14-17)27-12-11-26-19/h1-10,13-14,21,25H,11-12H2,(H,23,24). The molecule has 0 bridgehead atoms. The number of carbonyl (C=O) groups is 1. The molecule has 0 spiro atoms. The van der Waals surface area contributed by atoms with Crippen LogP contribution in [0.15, 0.2) is 72.8 Å². The average Bonchev–Trinajstić information content (AvgIpc) is 2.74. The van der Waals surface area contributed by atoms with Crippen LogP contribution in [-0.2, 0) is 4.79 Å².